The van der Waals surface area contributed by atoms with Crippen LogP contribution in [0, 0.1) is 6.92 Å². The molecule has 2 aromatic carbocycles. The SMILES string of the molecule is Cc1ccc(C[S+](C)c2ccccc2)cc1. The third kappa shape index (κ3) is 2.89. The van der Waals surface area contributed by atoms with E-state index in [9.17, 15) is 0 Å². The first-order valence-corrected chi connectivity index (χ1v) is 7.29. The van der Waals surface area contributed by atoms with E-state index in [0.29, 0.717) is 10.9 Å². The largest absolute Gasteiger partial charge is 0.154 e. The maximum atomic E-state index is 2.31. The second-order valence-corrected chi connectivity index (χ2v) is 6.11. The summed E-state index contributed by atoms with van der Waals surface area (Å²) in [5.74, 6) is 1.14. The van der Waals surface area contributed by atoms with Crippen molar-refractivity contribution in [1.29, 1.82) is 0 Å². The van der Waals surface area contributed by atoms with Crippen LogP contribution < -0.4 is 0 Å². The van der Waals surface area contributed by atoms with Gasteiger partial charge in [-0.2, -0.15) is 0 Å². The van der Waals surface area contributed by atoms with Crippen molar-refractivity contribution in [1.82, 2.24) is 0 Å². The van der Waals surface area contributed by atoms with Crippen LogP contribution >= 0.6 is 0 Å². The molecule has 0 saturated heterocycles. The minimum atomic E-state index is 0.309. The Hall–Kier alpha value is -1.21. The van der Waals surface area contributed by atoms with Crippen molar-refractivity contribution in [2.45, 2.75) is 17.6 Å². The van der Waals surface area contributed by atoms with Crippen molar-refractivity contribution in [3.8, 4) is 0 Å². The van der Waals surface area contributed by atoms with Crippen LogP contribution in [0.1, 0.15) is 11.1 Å². The van der Waals surface area contributed by atoms with Gasteiger partial charge >= 0.3 is 0 Å². The van der Waals surface area contributed by atoms with E-state index in [0.717, 1.165) is 5.75 Å². The van der Waals surface area contributed by atoms with Gasteiger partial charge in [-0.3, -0.25) is 0 Å². The molecule has 0 amide bonds. The molecule has 0 bridgehead atoms. The Morgan fingerprint density at radius 2 is 1.50 bits per heavy atom. The first kappa shape index (κ1) is 11.3. The van der Waals surface area contributed by atoms with Crippen LogP contribution in [-0.2, 0) is 16.6 Å². The van der Waals surface area contributed by atoms with Gasteiger partial charge in [-0.05, 0) is 19.1 Å². The van der Waals surface area contributed by atoms with Crippen LogP contribution in [0.25, 0.3) is 0 Å². The summed E-state index contributed by atoms with van der Waals surface area (Å²) < 4.78 is 0. The predicted molar refractivity (Wildman–Crippen MR) is 72.9 cm³/mol. The van der Waals surface area contributed by atoms with Crippen molar-refractivity contribution >= 4 is 10.9 Å². The molecule has 0 spiro atoms. The van der Waals surface area contributed by atoms with Gasteiger partial charge in [0.15, 0.2) is 4.90 Å². The molecule has 16 heavy (non-hydrogen) atoms. The highest BCUT2D eigenvalue weighted by Crippen LogP contribution is 2.16. The standard InChI is InChI=1S/C15H17S/c1-13-8-10-14(11-9-13)12-16(2)15-6-4-3-5-7-15/h3-11H,12H2,1-2H3/q+1. The van der Waals surface area contributed by atoms with Gasteiger partial charge in [0.05, 0.1) is 0 Å². The number of benzene rings is 2. The van der Waals surface area contributed by atoms with Crippen molar-refractivity contribution < 1.29 is 0 Å². The number of rotatable bonds is 3. The highest BCUT2D eigenvalue weighted by molar-refractivity contribution is 7.95. The van der Waals surface area contributed by atoms with E-state index >= 15 is 0 Å². The van der Waals surface area contributed by atoms with E-state index in [2.05, 4.69) is 67.8 Å². The van der Waals surface area contributed by atoms with Crippen LogP contribution in [0.2, 0.25) is 0 Å². The quantitative estimate of drug-likeness (QED) is 0.702. The topological polar surface area (TPSA) is 0 Å². The van der Waals surface area contributed by atoms with Crippen LogP contribution in [0.3, 0.4) is 0 Å². The number of hydrogen-bond acceptors (Lipinski definition) is 0. The number of aryl methyl sites for hydroxylation is 1. The van der Waals surface area contributed by atoms with E-state index in [1.807, 2.05) is 0 Å². The Morgan fingerprint density at radius 3 is 2.12 bits per heavy atom. The van der Waals surface area contributed by atoms with E-state index < -0.39 is 0 Å². The summed E-state index contributed by atoms with van der Waals surface area (Å²) in [4.78, 5) is 1.45. The van der Waals surface area contributed by atoms with Gasteiger partial charge in [-0.25, -0.2) is 0 Å². The Morgan fingerprint density at radius 1 is 0.875 bits per heavy atom. The summed E-state index contributed by atoms with van der Waals surface area (Å²) in [6.07, 6.45) is 2.31. The summed E-state index contributed by atoms with van der Waals surface area (Å²) in [6, 6.07) is 19.6. The zero-order valence-electron chi connectivity index (χ0n) is 9.81. The fourth-order valence-corrected chi connectivity index (χ4v) is 3.15. The molecule has 0 radical (unpaired) electrons. The van der Waals surface area contributed by atoms with Gasteiger partial charge < -0.3 is 0 Å². The Bertz CT molecular complexity index is 431. The van der Waals surface area contributed by atoms with Crippen molar-refractivity contribution in [2.75, 3.05) is 6.26 Å². The van der Waals surface area contributed by atoms with Crippen molar-refractivity contribution in [3.05, 3.63) is 65.7 Å². The van der Waals surface area contributed by atoms with E-state index in [-0.39, 0.29) is 0 Å². The zero-order chi connectivity index (χ0) is 11.4. The second-order valence-electron chi connectivity index (χ2n) is 4.08. The smallest absolute Gasteiger partial charge is 0.0619 e. The first-order chi connectivity index (χ1) is 7.75. The van der Waals surface area contributed by atoms with E-state index in [4.69, 9.17) is 0 Å². The average molecular weight is 229 g/mol. The second kappa shape index (κ2) is 5.22. The third-order valence-electron chi connectivity index (χ3n) is 2.65. The molecular formula is C15H17S+. The van der Waals surface area contributed by atoms with Crippen molar-refractivity contribution in [2.24, 2.45) is 0 Å². The molecule has 1 unspecified atom stereocenters. The molecule has 0 N–H and O–H groups in total. The fraction of sp³-hybridized carbons (Fsp3) is 0.200. The molecule has 0 aliphatic rings. The van der Waals surface area contributed by atoms with Gasteiger partial charge in [0.2, 0.25) is 0 Å². The van der Waals surface area contributed by atoms with Gasteiger partial charge in [0.25, 0.3) is 0 Å². The molecule has 0 aliphatic heterocycles. The van der Waals surface area contributed by atoms with E-state index in [1.54, 1.807) is 0 Å². The highest BCUT2D eigenvalue weighted by atomic mass is 32.2. The minimum Gasteiger partial charge on any atom is -0.0619 e. The lowest BCUT2D eigenvalue weighted by Gasteiger charge is -2.03. The zero-order valence-corrected chi connectivity index (χ0v) is 10.6. The Kier molecular flexibility index (Phi) is 3.68. The Balaban J connectivity index is 2.08. The summed E-state index contributed by atoms with van der Waals surface area (Å²) in [7, 11) is 0.309. The maximum Gasteiger partial charge on any atom is 0.154 e. The molecule has 0 aliphatic carbocycles. The summed E-state index contributed by atoms with van der Waals surface area (Å²) in [5, 5.41) is 0. The predicted octanol–water partition coefficient (Wildman–Crippen LogP) is 3.80. The van der Waals surface area contributed by atoms with Crippen LogP contribution in [0.4, 0.5) is 0 Å². The van der Waals surface area contributed by atoms with Gasteiger partial charge in [-0.15, -0.1) is 0 Å². The number of hydrogen-bond donors (Lipinski definition) is 0. The van der Waals surface area contributed by atoms with Crippen molar-refractivity contribution in [3.63, 3.8) is 0 Å². The molecule has 0 aromatic heterocycles. The highest BCUT2D eigenvalue weighted by Gasteiger charge is 2.14. The maximum absolute atomic E-state index is 2.31. The van der Waals surface area contributed by atoms with E-state index in [1.165, 1.54) is 16.0 Å². The normalized spacial score (nSPS) is 12.4. The van der Waals surface area contributed by atoms with Gasteiger partial charge in [-0.1, -0.05) is 48.0 Å². The first-order valence-electron chi connectivity index (χ1n) is 5.49. The summed E-state index contributed by atoms with van der Waals surface area (Å²) in [6.45, 7) is 2.13. The molecule has 0 saturated carbocycles. The average Bonchev–Trinajstić information content (AvgIpc) is 2.33. The third-order valence-corrected chi connectivity index (χ3v) is 4.49. The van der Waals surface area contributed by atoms with Gasteiger partial charge in [0.1, 0.15) is 12.0 Å². The molecule has 0 fully saturated rings. The van der Waals surface area contributed by atoms with Crippen LogP contribution in [0.15, 0.2) is 59.5 Å². The molecule has 0 nitrogen and oxygen atoms in total. The lowest BCUT2D eigenvalue weighted by molar-refractivity contribution is 1.33. The lowest BCUT2D eigenvalue weighted by atomic mass is 10.2. The molecule has 1 heteroatoms. The summed E-state index contributed by atoms with van der Waals surface area (Å²) >= 11 is 0. The lowest BCUT2D eigenvalue weighted by Crippen LogP contribution is -2.03. The Labute approximate surface area is 101 Å². The summed E-state index contributed by atoms with van der Waals surface area (Å²) in [5.41, 5.74) is 2.76. The fourth-order valence-electron chi connectivity index (χ4n) is 1.67. The minimum absolute atomic E-state index is 0.309. The van der Waals surface area contributed by atoms with Crippen LogP contribution in [0.5, 0.6) is 0 Å². The molecule has 82 valence electrons. The molecular weight excluding hydrogens is 212 g/mol. The molecule has 0 heterocycles. The molecule has 1 atom stereocenters. The molecule has 2 rings (SSSR count). The van der Waals surface area contributed by atoms with Crippen LogP contribution in [-0.4, -0.2) is 6.26 Å². The monoisotopic (exact) mass is 229 g/mol. The molecule has 2 aromatic rings. The van der Waals surface area contributed by atoms with Gasteiger partial charge in [0, 0.05) is 16.5 Å².